The highest BCUT2D eigenvalue weighted by molar-refractivity contribution is 7.12. The molecule has 0 spiro atoms. The van der Waals surface area contributed by atoms with Crippen LogP contribution in [0.25, 0.3) is 0 Å². The Labute approximate surface area is 167 Å². The number of halogens is 1. The highest BCUT2D eigenvalue weighted by atomic mass is 35.5. The molecule has 3 rings (SSSR count). The summed E-state index contributed by atoms with van der Waals surface area (Å²) in [5.74, 6) is -0.0927. The highest BCUT2D eigenvalue weighted by Crippen LogP contribution is 2.25. The zero-order valence-electron chi connectivity index (χ0n) is 15.0. The van der Waals surface area contributed by atoms with E-state index in [-0.39, 0.29) is 11.8 Å². The second-order valence-corrected chi connectivity index (χ2v) is 7.71. The van der Waals surface area contributed by atoms with Crippen LogP contribution in [0.15, 0.2) is 60.0 Å². The maximum Gasteiger partial charge on any atom is 0.265 e. The van der Waals surface area contributed by atoms with Crippen LogP contribution in [0, 0.1) is 0 Å². The van der Waals surface area contributed by atoms with E-state index in [1.54, 1.807) is 30.3 Å². The number of hydrogen-bond donors (Lipinski definition) is 2. The molecule has 1 heterocycles. The SMILES string of the molecule is CC(C)c1ccc(NC(=O)c2ccc(Cl)c(NC(=O)c3cccs3)c2)cc1. The van der Waals surface area contributed by atoms with Crippen LogP contribution in [0.1, 0.15) is 45.4 Å². The van der Waals surface area contributed by atoms with Gasteiger partial charge in [0.05, 0.1) is 15.6 Å². The van der Waals surface area contributed by atoms with Crippen LogP contribution in [0.5, 0.6) is 0 Å². The Morgan fingerprint density at radius 2 is 1.70 bits per heavy atom. The quantitative estimate of drug-likeness (QED) is 0.551. The molecule has 2 N–H and O–H groups in total. The molecule has 0 bridgehead atoms. The predicted molar refractivity (Wildman–Crippen MR) is 112 cm³/mol. The lowest BCUT2D eigenvalue weighted by atomic mass is 10.0. The van der Waals surface area contributed by atoms with Crippen LogP contribution in [0.4, 0.5) is 11.4 Å². The van der Waals surface area contributed by atoms with Gasteiger partial charge in [0.25, 0.3) is 11.8 Å². The first-order valence-electron chi connectivity index (χ1n) is 8.50. The lowest BCUT2D eigenvalue weighted by Crippen LogP contribution is -2.14. The van der Waals surface area contributed by atoms with E-state index in [1.807, 2.05) is 29.6 Å². The van der Waals surface area contributed by atoms with Gasteiger partial charge < -0.3 is 10.6 Å². The molecule has 0 radical (unpaired) electrons. The number of anilines is 2. The topological polar surface area (TPSA) is 58.2 Å². The monoisotopic (exact) mass is 398 g/mol. The Balaban J connectivity index is 1.74. The van der Waals surface area contributed by atoms with Gasteiger partial charge in [0.1, 0.15) is 0 Å². The summed E-state index contributed by atoms with van der Waals surface area (Å²) in [6.07, 6.45) is 0. The number of rotatable bonds is 5. The molecule has 1 aromatic heterocycles. The fraction of sp³-hybridized carbons (Fsp3) is 0.143. The Morgan fingerprint density at radius 3 is 2.33 bits per heavy atom. The lowest BCUT2D eigenvalue weighted by molar-refractivity contribution is 0.101. The average Bonchev–Trinajstić information content (AvgIpc) is 3.18. The van der Waals surface area contributed by atoms with E-state index >= 15 is 0 Å². The van der Waals surface area contributed by atoms with Crippen LogP contribution >= 0.6 is 22.9 Å². The van der Waals surface area contributed by atoms with E-state index < -0.39 is 0 Å². The summed E-state index contributed by atoms with van der Waals surface area (Å²) < 4.78 is 0. The molecule has 0 saturated heterocycles. The third-order valence-electron chi connectivity index (χ3n) is 4.06. The van der Waals surface area contributed by atoms with Gasteiger partial charge in [-0.15, -0.1) is 11.3 Å². The minimum Gasteiger partial charge on any atom is -0.322 e. The van der Waals surface area contributed by atoms with E-state index in [0.717, 1.165) is 0 Å². The van der Waals surface area contributed by atoms with Gasteiger partial charge in [-0.3, -0.25) is 9.59 Å². The molecule has 0 saturated carbocycles. The van der Waals surface area contributed by atoms with Gasteiger partial charge >= 0.3 is 0 Å². The molecule has 0 aliphatic rings. The molecule has 0 aliphatic carbocycles. The van der Waals surface area contributed by atoms with Gasteiger partial charge in [0.15, 0.2) is 0 Å². The van der Waals surface area contributed by atoms with Gasteiger partial charge in [-0.25, -0.2) is 0 Å². The smallest absolute Gasteiger partial charge is 0.265 e. The Hall–Kier alpha value is -2.63. The van der Waals surface area contributed by atoms with E-state index in [9.17, 15) is 9.59 Å². The number of hydrogen-bond acceptors (Lipinski definition) is 3. The number of nitrogens with one attached hydrogen (secondary N) is 2. The van der Waals surface area contributed by atoms with Crippen molar-refractivity contribution < 1.29 is 9.59 Å². The summed E-state index contributed by atoms with van der Waals surface area (Å²) in [6.45, 7) is 4.24. The second-order valence-electron chi connectivity index (χ2n) is 6.36. The molecule has 0 aliphatic heterocycles. The Morgan fingerprint density at radius 1 is 0.963 bits per heavy atom. The molecule has 138 valence electrons. The van der Waals surface area contributed by atoms with Crippen molar-refractivity contribution in [3.63, 3.8) is 0 Å². The van der Waals surface area contributed by atoms with E-state index in [4.69, 9.17) is 11.6 Å². The van der Waals surface area contributed by atoms with Gasteiger partial charge in [-0.1, -0.05) is 43.6 Å². The third kappa shape index (κ3) is 4.76. The number of benzene rings is 2. The third-order valence-corrected chi connectivity index (χ3v) is 5.26. The van der Waals surface area contributed by atoms with Crippen molar-refractivity contribution in [2.24, 2.45) is 0 Å². The molecule has 2 aromatic carbocycles. The molecule has 2 amide bonds. The summed E-state index contributed by atoms with van der Waals surface area (Å²) in [4.78, 5) is 25.3. The minimum absolute atomic E-state index is 0.256. The van der Waals surface area contributed by atoms with Gasteiger partial charge in [-0.05, 0) is 53.3 Å². The van der Waals surface area contributed by atoms with E-state index in [2.05, 4.69) is 24.5 Å². The molecule has 0 fully saturated rings. The first-order chi connectivity index (χ1) is 12.9. The standard InChI is InChI=1S/C21H19ClN2O2S/c1-13(2)14-5-8-16(9-6-14)23-20(25)15-7-10-17(22)18(12-15)24-21(26)19-4-3-11-27-19/h3-13H,1-2H3,(H,23,25)(H,24,26). The fourth-order valence-electron chi connectivity index (χ4n) is 2.51. The van der Waals surface area contributed by atoms with Gasteiger partial charge in [-0.2, -0.15) is 0 Å². The van der Waals surface area contributed by atoms with Crippen molar-refractivity contribution in [3.05, 3.63) is 81.0 Å². The summed E-state index contributed by atoms with van der Waals surface area (Å²) in [5, 5.41) is 7.81. The van der Waals surface area contributed by atoms with Crippen LogP contribution < -0.4 is 10.6 Å². The number of amides is 2. The van der Waals surface area contributed by atoms with Crippen molar-refractivity contribution >= 4 is 46.1 Å². The van der Waals surface area contributed by atoms with Gasteiger partial charge in [0.2, 0.25) is 0 Å². The summed E-state index contributed by atoms with van der Waals surface area (Å²) >= 11 is 7.51. The summed E-state index contributed by atoms with van der Waals surface area (Å²) in [6, 6.07) is 16.1. The largest absolute Gasteiger partial charge is 0.322 e. The molecule has 4 nitrogen and oxygen atoms in total. The predicted octanol–water partition coefficient (Wildman–Crippen LogP) is 6.03. The normalized spacial score (nSPS) is 10.7. The second kappa shape index (κ2) is 8.37. The molecular formula is C21H19ClN2O2S. The van der Waals surface area contributed by atoms with Crippen LogP contribution in [0.2, 0.25) is 5.02 Å². The first-order valence-corrected chi connectivity index (χ1v) is 9.75. The van der Waals surface area contributed by atoms with Crippen LogP contribution in [-0.2, 0) is 0 Å². The van der Waals surface area contributed by atoms with E-state index in [1.165, 1.54) is 16.9 Å². The molecular weight excluding hydrogens is 380 g/mol. The molecule has 0 unspecified atom stereocenters. The van der Waals surface area contributed by atoms with Gasteiger partial charge in [0, 0.05) is 11.3 Å². The van der Waals surface area contributed by atoms with Crippen molar-refractivity contribution in [3.8, 4) is 0 Å². The van der Waals surface area contributed by atoms with Crippen molar-refractivity contribution in [2.45, 2.75) is 19.8 Å². The van der Waals surface area contributed by atoms with Crippen LogP contribution in [0.3, 0.4) is 0 Å². The zero-order chi connectivity index (χ0) is 19.4. The van der Waals surface area contributed by atoms with Crippen LogP contribution in [-0.4, -0.2) is 11.8 Å². The highest BCUT2D eigenvalue weighted by Gasteiger charge is 2.13. The Bertz CT molecular complexity index is 951. The summed E-state index contributed by atoms with van der Waals surface area (Å²) in [5.41, 5.74) is 2.73. The summed E-state index contributed by atoms with van der Waals surface area (Å²) in [7, 11) is 0. The minimum atomic E-state index is -0.268. The molecule has 3 aromatic rings. The van der Waals surface area contributed by atoms with Crippen molar-refractivity contribution in [1.82, 2.24) is 0 Å². The molecule has 6 heteroatoms. The first kappa shape index (κ1) is 19.1. The van der Waals surface area contributed by atoms with E-state index in [0.29, 0.717) is 32.8 Å². The molecule has 0 atom stereocenters. The number of carbonyl (C=O) groups is 2. The maximum absolute atomic E-state index is 12.5. The zero-order valence-corrected chi connectivity index (χ0v) is 16.5. The molecule has 27 heavy (non-hydrogen) atoms. The van der Waals surface area contributed by atoms with Crippen molar-refractivity contribution in [2.75, 3.05) is 10.6 Å². The Kier molecular flexibility index (Phi) is 5.94. The maximum atomic E-state index is 12.5. The lowest BCUT2D eigenvalue weighted by Gasteiger charge is -2.11. The van der Waals surface area contributed by atoms with Crippen molar-refractivity contribution in [1.29, 1.82) is 0 Å². The fourth-order valence-corrected chi connectivity index (χ4v) is 3.29. The number of carbonyl (C=O) groups excluding carboxylic acids is 2. The average molecular weight is 399 g/mol. The number of thiophene rings is 1.